The molecule has 2 atom stereocenters. The van der Waals surface area contributed by atoms with Gasteiger partial charge in [0.15, 0.2) is 0 Å². The molecule has 1 aliphatic carbocycles. The standard InChI is InChI=1S/C13H19N3O3/c17-12(9-3-4-10(8-9)13(18)19)16-5-1-2-11-14-6-7-15-11/h6-7,9-10H,1-5,8H2,(H,14,15)(H,16,17)(H,18,19). The number of aliphatic carboxylic acids is 1. The monoisotopic (exact) mass is 265 g/mol. The number of hydrogen-bond donors (Lipinski definition) is 3. The molecule has 1 fully saturated rings. The fraction of sp³-hybridized carbons (Fsp3) is 0.615. The number of carboxylic acids is 1. The molecule has 6 nitrogen and oxygen atoms in total. The van der Waals surface area contributed by atoms with Crippen molar-refractivity contribution in [3.63, 3.8) is 0 Å². The molecular weight excluding hydrogens is 246 g/mol. The summed E-state index contributed by atoms with van der Waals surface area (Å²) in [4.78, 5) is 29.8. The Hall–Kier alpha value is -1.85. The lowest BCUT2D eigenvalue weighted by Crippen LogP contribution is -2.30. The topological polar surface area (TPSA) is 95.1 Å². The fourth-order valence-electron chi connectivity index (χ4n) is 2.49. The summed E-state index contributed by atoms with van der Waals surface area (Å²) in [6.07, 6.45) is 6.88. The molecule has 0 aromatic carbocycles. The molecule has 3 N–H and O–H groups in total. The van der Waals surface area contributed by atoms with E-state index in [0.29, 0.717) is 25.8 Å². The maximum Gasteiger partial charge on any atom is 0.306 e. The number of rotatable bonds is 6. The van der Waals surface area contributed by atoms with Gasteiger partial charge in [-0.3, -0.25) is 9.59 Å². The number of nitrogens with zero attached hydrogens (tertiary/aromatic N) is 1. The molecule has 6 heteroatoms. The Balaban J connectivity index is 1.63. The van der Waals surface area contributed by atoms with Gasteiger partial charge in [-0.05, 0) is 25.7 Å². The van der Waals surface area contributed by atoms with Crippen LogP contribution in [0.15, 0.2) is 12.4 Å². The molecule has 0 spiro atoms. The molecule has 104 valence electrons. The third-order valence-electron chi connectivity index (χ3n) is 3.60. The third kappa shape index (κ3) is 3.81. The van der Waals surface area contributed by atoms with Crippen molar-refractivity contribution in [2.45, 2.75) is 32.1 Å². The van der Waals surface area contributed by atoms with E-state index in [2.05, 4.69) is 15.3 Å². The van der Waals surface area contributed by atoms with Gasteiger partial charge in [-0.1, -0.05) is 0 Å². The largest absolute Gasteiger partial charge is 0.481 e. The van der Waals surface area contributed by atoms with Crippen LogP contribution in [0.4, 0.5) is 0 Å². The molecule has 1 aromatic rings. The van der Waals surface area contributed by atoms with E-state index in [4.69, 9.17) is 5.11 Å². The van der Waals surface area contributed by atoms with Crippen LogP contribution in [0.5, 0.6) is 0 Å². The van der Waals surface area contributed by atoms with Crippen LogP contribution >= 0.6 is 0 Å². The Morgan fingerprint density at radius 3 is 2.84 bits per heavy atom. The van der Waals surface area contributed by atoms with Crippen molar-refractivity contribution in [3.05, 3.63) is 18.2 Å². The van der Waals surface area contributed by atoms with Crippen molar-refractivity contribution >= 4 is 11.9 Å². The summed E-state index contributed by atoms with van der Waals surface area (Å²) in [5.74, 6) is -0.360. The zero-order valence-corrected chi connectivity index (χ0v) is 10.8. The van der Waals surface area contributed by atoms with Gasteiger partial charge < -0.3 is 15.4 Å². The van der Waals surface area contributed by atoms with Crippen LogP contribution in [0, 0.1) is 11.8 Å². The number of hydrogen-bond acceptors (Lipinski definition) is 3. The Morgan fingerprint density at radius 1 is 1.42 bits per heavy atom. The Kier molecular flexibility index (Phi) is 4.54. The minimum atomic E-state index is -0.784. The summed E-state index contributed by atoms with van der Waals surface area (Å²) >= 11 is 0. The van der Waals surface area contributed by atoms with Gasteiger partial charge in [0.2, 0.25) is 5.91 Å². The number of amides is 1. The summed E-state index contributed by atoms with van der Waals surface area (Å²) in [6.45, 7) is 0.605. The predicted octanol–water partition coefficient (Wildman–Crippen LogP) is 0.959. The van der Waals surface area contributed by atoms with Gasteiger partial charge in [0.25, 0.3) is 0 Å². The summed E-state index contributed by atoms with van der Waals surface area (Å²) < 4.78 is 0. The average molecular weight is 265 g/mol. The third-order valence-corrected chi connectivity index (χ3v) is 3.60. The minimum absolute atomic E-state index is 0.0109. The Morgan fingerprint density at radius 2 is 2.21 bits per heavy atom. The first-order valence-corrected chi connectivity index (χ1v) is 6.65. The van der Waals surface area contributed by atoms with E-state index < -0.39 is 5.97 Å². The van der Waals surface area contributed by atoms with Gasteiger partial charge in [-0.15, -0.1) is 0 Å². The molecule has 19 heavy (non-hydrogen) atoms. The van der Waals surface area contributed by atoms with Gasteiger partial charge in [0.1, 0.15) is 5.82 Å². The molecule has 0 aliphatic heterocycles. The van der Waals surface area contributed by atoms with Crippen molar-refractivity contribution < 1.29 is 14.7 Å². The highest BCUT2D eigenvalue weighted by Gasteiger charge is 2.33. The van der Waals surface area contributed by atoms with E-state index in [0.717, 1.165) is 18.7 Å². The lowest BCUT2D eigenvalue weighted by Gasteiger charge is -2.10. The van der Waals surface area contributed by atoms with Crippen LogP contribution in [0.3, 0.4) is 0 Å². The van der Waals surface area contributed by atoms with Crippen molar-refractivity contribution in [1.29, 1.82) is 0 Å². The maximum absolute atomic E-state index is 11.8. The first-order valence-electron chi connectivity index (χ1n) is 6.65. The number of imidazole rings is 1. The van der Waals surface area contributed by atoms with Crippen LogP contribution in [-0.2, 0) is 16.0 Å². The first-order chi connectivity index (χ1) is 9.16. The van der Waals surface area contributed by atoms with Crippen LogP contribution in [-0.4, -0.2) is 33.5 Å². The van der Waals surface area contributed by atoms with Crippen molar-refractivity contribution in [2.24, 2.45) is 11.8 Å². The molecule has 0 bridgehead atoms. The smallest absolute Gasteiger partial charge is 0.306 e. The molecule has 1 heterocycles. The Bertz CT molecular complexity index is 430. The van der Waals surface area contributed by atoms with Crippen molar-refractivity contribution in [3.8, 4) is 0 Å². The zero-order valence-electron chi connectivity index (χ0n) is 10.8. The van der Waals surface area contributed by atoms with E-state index >= 15 is 0 Å². The highest BCUT2D eigenvalue weighted by molar-refractivity contribution is 5.80. The highest BCUT2D eigenvalue weighted by atomic mass is 16.4. The number of aromatic amines is 1. The number of carbonyl (C=O) groups excluding carboxylic acids is 1. The predicted molar refractivity (Wildman–Crippen MR) is 68.4 cm³/mol. The van der Waals surface area contributed by atoms with E-state index in [1.165, 1.54) is 0 Å². The molecule has 0 saturated heterocycles. The molecule has 1 aliphatic rings. The minimum Gasteiger partial charge on any atom is -0.481 e. The quantitative estimate of drug-likeness (QED) is 0.668. The molecular formula is C13H19N3O3. The molecule has 0 radical (unpaired) electrons. The molecule has 2 unspecified atom stereocenters. The lowest BCUT2D eigenvalue weighted by atomic mass is 10.0. The number of H-pyrrole nitrogens is 1. The number of aryl methyl sites for hydroxylation is 1. The molecule has 1 saturated carbocycles. The van der Waals surface area contributed by atoms with Gasteiger partial charge >= 0.3 is 5.97 Å². The van der Waals surface area contributed by atoms with Crippen LogP contribution in [0.25, 0.3) is 0 Å². The normalized spacial score (nSPS) is 22.3. The first kappa shape index (κ1) is 13.6. The fourth-order valence-corrected chi connectivity index (χ4v) is 2.49. The molecule has 1 amide bonds. The van der Waals surface area contributed by atoms with Gasteiger partial charge in [-0.2, -0.15) is 0 Å². The van der Waals surface area contributed by atoms with E-state index in [-0.39, 0.29) is 17.7 Å². The lowest BCUT2D eigenvalue weighted by molar-refractivity contribution is -0.141. The Labute approximate surface area is 111 Å². The second kappa shape index (κ2) is 6.36. The van der Waals surface area contributed by atoms with E-state index in [1.807, 2.05) is 0 Å². The summed E-state index contributed by atoms with van der Waals surface area (Å²) in [5.41, 5.74) is 0. The summed E-state index contributed by atoms with van der Waals surface area (Å²) in [5, 5.41) is 11.8. The van der Waals surface area contributed by atoms with Gasteiger partial charge in [0, 0.05) is 31.3 Å². The number of nitrogens with one attached hydrogen (secondary N) is 2. The average Bonchev–Trinajstić information content (AvgIpc) is 3.05. The van der Waals surface area contributed by atoms with Gasteiger partial charge in [-0.25, -0.2) is 4.98 Å². The van der Waals surface area contributed by atoms with Crippen molar-refractivity contribution in [1.82, 2.24) is 15.3 Å². The van der Waals surface area contributed by atoms with E-state index in [9.17, 15) is 9.59 Å². The second-order valence-electron chi connectivity index (χ2n) is 4.98. The zero-order chi connectivity index (χ0) is 13.7. The van der Waals surface area contributed by atoms with E-state index in [1.54, 1.807) is 12.4 Å². The van der Waals surface area contributed by atoms with Crippen LogP contribution in [0.1, 0.15) is 31.5 Å². The number of aromatic nitrogens is 2. The summed E-state index contributed by atoms with van der Waals surface area (Å²) in [6, 6.07) is 0. The highest BCUT2D eigenvalue weighted by Crippen LogP contribution is 2.30. The summed E-state index contributed by atoms with van der Waals surface area (Å²) in [7, 11) is 0. The number of carbonyl (C=O) groups is 2. The van der Waals surface area contributed by atoms with Crippen molar-refractivity contribution in [2.75, 3.05) is 6.54 Å². The SMILES string of the molecule is O=C(O)C1CCC(C(=O)NCCCc2ncc[nH]2)C1. The number of carboxylic acid groups (broad SMARTS) is 1. The maximum atomic E-state index is 11.8. The van der Waals surface area contributed by atoms with Gasteiger partial charge in [0.05, 0.1) is 5.92 Å². The van der Waals surface area contributed by atoms with Crippen LogP contribution < -0.4 is 5.32 Å². The molecule has 1 aromatic heterocycles. The molecule has 2 rings (SSSR count). The van der Waals surface area contributed by atoms with Crippen LogP contribution in [0.2, 0.25) is 0 Å². The second-order valence-corrected chi connectivity index (χ2v) is 4.98.